The molecule has 0 fully saturated rings. The average molecular weight is 354 g/mol. The molecule has 0 spiro atoms. The molecule has 2 aromatic carbocycles. The number of ether oxygens (including phenoxy) is 1. The topological polar surface area (TPSA) is 21.3 Å². The van der Waals surface area contributed by atoms with Crippen LogP contribution in [0, 0.1) is 11.6 Å². The molecule has 0 saturated heterocycles. The first-order valence-electron chi connectivity index (χ1n) is 6.73. The standard InChI is InChI=1S/C16H14BrF2NO/c17-11-7-13(18)16(14(19)8-11)20-9-15-12-4-2-1-3-10(12)5-6-21-15/h1-4,7-8,15,20H,5-6,9H2. The van der Waals surface area contributed by atoms with Gasteiger partial charge < -0.3 is 10.1 Å². The third-order valence-electron chi connectivity index (χ3n) is 3.56. The fourth-order valence-electron chi connectivity index (χ4n) is 2.55. The van der Waals surface area contributed by atoms with Crippen LogP contribution in [-0.2, 0) is 11.2 Å². The fourth-order valence-corrected chi connectivity index (χ4v) is 2.95. The zero-order chi connectivity index (χ0) is 14.8. The summed E-state index contributed by atoms with van der Waals surface area (Å²) in [5.41, 5.74) is 2.19. The first-order valence-corrected chi connectivity index (χ1v) is 7.52. The van der Waals surface area contributed by atoms with Gasteiger partial charge in [0.25, 0.3) is 0 Å². The third kappa shape index (κ3) is 3.09. The second-order valence-electron chi connectivity index (χ2n) is 4.93. The number of fused-ring (bicyclic) bond motifs is 1. The van der Waals surface area contributed by atoms with Crippen molar-refractivity contribution in [2.75, 3.05) is 18.5 Å². The molecular weight excluding hydrogens is 340 g/mol. The van der Waals surface area contributed by atoms with E-state index in [1.54, 1.807) is 0 Å². The van der Waals surface area contributed by atoms with E-state index in [9.17, 15) is 8.78 Å². The van der Waals surface area contributed by atoms with Gasteiger partial charge in [0, 0.05) is 11.0 Å². The van der Waals surface area contributed by atoms with Gasteiger partial charge in [-0.1, -0.05) is 40.2 Å². The molecular formula is C16H14BrF2NO. The second-order valence-corrected chi connectivity index (χ2v) is 5.85. The molecule has 1 aliphatic rings. The van der Waals surface area contributed by atoms with Crippen molar-refractivity contribution < 1.29 is 13.5 Å². The Hall–Kier alpha value is -1.46. The summed E-state index contributed by atoms with van der Waals surface area (Å²) in [6.07, 6.45) is 0.672. The maximum absolute atomic E-state index is 13.8. The molecule has 1 atom stereocenters. The lowest BCUT2D eigenvalue weighted by atomic mass is 9.97. The van der Waals surface area contributed by atoms with Gasteiger partial charge in [-0.25, -0.2) is 8.78 Å². The highest BCUT2D eigenvalue weighted by Crippen LogP contribution is 2.29. The number of anilines is 1. The summed E-state index contributed by atoms with van der Waals surface area (Å²) in [4.78, 5) is 0. The van der Waals surface area contributed by atoms with Crippen LogP contribution in [0.25, 0.3) is 0 Å². The molecule has 0 saturated carbocycles. The van der Waals surface area contributed by atoms with Crippen LogP contribution < -0.4 is 5.32 Å². The number of halogens is 3. The number of nitrogens with one attached hydrogen (secondary N) is 1. The van der Waals surface area contributed by atoms with Gasteiger partial charge in [-0.2, -0.15) is 0 Å². The number of benzene rings is 2. The van der Waals surface area contributed by atoms with E-state index in [4.69, 9.17) is 4.74 Å². The fraction of sp³-hybridized carbons (Fsp3) is 0.250. The Balaban J connectivity index is 1.78. The zero-order valence-electron chi connectivity index (χ0n) is 11.2. The molecule has 0 radical (unpaired) electrons. The molecule has 0 bridgehead atoms. The van der Waals surface area contributed by atoms with E-state index in [1.807, 2.05) is 18.2 Å². The Morgan fingerprint density at radius 3 is 2.67 bits per heavy atom. The molecule has 2 aromatic rings. The number of hydrogen-bond donors (Lipinski definition) is 1. The molecule has 0 aromatic heterocycles. The number of hydrogen-bond acceptors (Lipinski definition) is 2. The van der Waals surface area contributed by atoms with Crippen LogP contribution in [0.1, 0.15) is 17.2 Å². The van der Waals surface area contributed by atoms with E-state index < -0.39 is 11.6 Å². The van der Waals surface area contributed by atoms with Gasteiger partial charge in [0.05, 0.1) is 12.7 Å². The zero-order valence-corrected chi connectivity index (χ0v) is 12.8. The summed E-state index contributed by atoms with van der Waals surface area (Å²) in [6, 6.07) is 10.5. The quantitative estimate of drug-likeness (QED) is 0.879. The van der Waals surface area contributed by atoms with Gasteiger partial charge in [0.2, 0.25) is 0 Å². The molecule has 1 heterocycles. The molecule has 21 heavy (non-hydrogen) atoms. The van der Waals surface area contributed by atoms with Crippen LogP contribution in [0.15, 0.2) is 40.9 Å². The largest absolute Gasteiger partial charge is 0.377 e. The molecule has 1 unspecified atom stereocenters. The lowest BCUT2D eigenvalue weighted by Crippen LogP contribution is -2.23. The van der Waals surface area contributed by atoms with E-state index in [2.05, 4.69) is 27.3 Å². The van der Waals surface area contributed by atoms with Gasteiger partial charge >= 0.3 is 0 Å². The van der Waals surface area contributed by atoms with Crippen molar-refractivity contribution in [2.45, 2.75) is 12.5 Å². The smallest absolute Gasteiger partial charge is 0.150 e. The normalized spacial score (nSPS) is 17.4. The maximum Gasteiger partial charge on any atom is 0.150 e. The van der Waals surface area contributed by atoms with Crippen molar-refractivity contribution >= 4 is 21.6 Å². The molecule has 1 aliphatic heterocycles. The van der Waals surface area contributed by atoms with Gasteiger partial charge in [-0.3, -0.25) is 0 Å². The highest BCUT2D eigenvalue weighted by Gasteiger charge is 2.21. The van der Waals surface area contributed by atoms with Crippen molar-refractivity contribution in [3.63, 3.8) is 0 Å². The minimum absolute atomic E-state index is 0.121. The second kappa shape index (κ2) is 6.12. The lowest BCUT2D eigenvalue weighted by Gasteiger charge is -2.26. The summed E-state index contributed by atoms with van der Waals surface area (Å²) in [6.45, 7) is 0.946. The van der Waals surface area contributed by atoms with Crippen LogP contribution in [0.2, 0.25) is 0 Å². The van der Waals surface area contributed by atoms with Crippen molar-refractivity contribution in [1.82, 2.24) is 0 Å². The Morgan fingerprint density at radius 1 is 1.19 bits per heavy atom. The van der Waals surface area contributed by atoms with E-state index in [0.29, 0.717) is 17.6 Å². The first kappa shape index (κ1) is 14.5. The molecule has 3 rings (SSSR count). The maximum atomic E-state index is 13.8. The van der Waals surface area contributed by atoms with E-state index in [0.717, 1.165) is 12.0 Å². The molecule has 2 nitrogen and oxygen atoms in total. The van der Waals surface area contributed by atoms with Crippen LogP contribution in [0.5, 0.6) is 0 Å². The molecule has 5 heteroatoms. The molecule has 110 valence electrons. The number of rotatable bonds is 3. The van der Waals surface area contributed by atoms with Gasteiger partial charge in [-0.05, 0) is 29.7 Å². The van der Waals surface area contributed by atoms with Crippen LogP contribution in [0.3, 0.4) is 0 Å². The summed E-state index contributed by atoms with van der Waals surface area (Å²) in [5, 5.41) is 2.82. The minimum atomic E-state index is -0.619. The minimum Gasteiger partial charge on any atom is -0.377 e. The van der Waals surface area contributed by atoms with Crippen LogP contribution in [0.4, 0.5) is 14.5 Å². The van der Waals surface area contributed by atoms with Crippen molar-refractivity contribution in [3.05, 3.63) is 63.6 Å². The predicted octanol–water partition coefficient (Wildman–Crippen LogP) is 4.45. The van der Waals surface area contributed by atoms with Gasteiger partial charge in [0.1, 0.15) is 17.3 Å². The Morgan fingerprint density at radius 2 is 1.90 bits per heavy atom. The van der Waals surface area contributed by atoms with Crippen molar-refractivity contribution in [3.8, 4) is 0 Å². The van der Waals surface area contributed by atoms with Crippen LogP contribution >= 0.6 is 15.9 Å². The monoisotopic (exact) mass is 353 g/mol. The summed E-state index contributed by atoms with van der Waals surface area (Å²) >= 11 is 3.06. The first-order chi connectivity index (χ1) is 10.1. The van der Waals surface area contributed by atoms with E-state index >= 15 is 0 Å². The van der Waals surface area contributed by atoms with Crippen molar-refractivity contribution in [1.29, 1.82) is 0 Å². The van der Waals surface area contributed by atoms with Crippen LogP contribution in [-0.4, -0.2) is 13.2 Å². The summed E-state index contributed by atoms with van der Waals surface area (Å²) < 4.78 is 33.7. The lowest BCUT2D eigenvalue weighted by molar-refractivity contribution is 0.0512. The SMILES string of the molecule is Fc1cc(Br)cc(F)c1NCC1OCCc2ccccc21. The van der Waals surface area contributed by atoms with E-state index in [-0.39, 0.29) is 11.8 Å². The highest BCUT2D eigenvalue weighted by atomic mass is 79.9. The molecule has 0 amide bonds. The Kier molecular flexibility index (Phi) is 4.22. The summed E-state index contributed by atoms with van der Waals surface area (Å²) in [5.74, 6) is -1.24. The van der Waals surface area contributed by atoms with Crippen molar-refractivity contribution in [2.24, 2.45) is 0 Å². The summed E-state index contributed by atoms with van der Waals surface area (Å²) in [7, 11) is 0. The highest BCUT2D eigenvalue weighted by molar-refractivity contribution is 9.10. The molecule has 0 aliphatic carbocycles. The van der Waals surface area contributed by atoms with Gasteiger partial charge in [-0.15, -0.1) is 0 Å². The van der Waals surface area contributed by atoms with E-state index in [1.165, 1.54) is 17.7 Å². The Bertz CT molecular complexity index is 639. The van der Waals surface area contributed by atoms with Gasteiger partial charge in [0.15, 0.2) is 0 Å². The average Bonchev–Trinajstić information content (AvgIpc) is 2.46. The predicted molar refractivity (Wildman–Crippen MR) is 81.4 cm³/mol. The molecule has 1 N–H and O–H groups in total. The Labute approximate surface area is 130 Å². The third-order valence-corrected chi connectivity index (χ3v) is 4.02.